The minimum atomic E-state index is -0.525. The Morgan fingerprint density at radius 2 is 1.48 bits per heavy atom. The fraction of sp³-hybridized carbons (Fsp3) is 0.231. The average Bonchev–Trinajstić information content (AvgIpc) is 2.83. The Hall–Kier alpha value is -3.60. The smallest absolute Gasteiger partial charge is 0.170 e. The maximum atomic E-state index is 13.8. The second kappa shape index (κ2) is 8.64. The van der Waals surface area contributed by atoms with Crippen molar-refractivity contribution in [3.05, 3.63) is 89.0 Å². The van der Waals surface area contributed by atoms with Crippen LogP contribution in [0.25, 0.3) is 0 Å². The highest BCUT2D eigenvalue weighted by molar-refractivity contribution is 6.08. The van der Waals surface area contributed by atoms with E-state index in [1.54, 1.807) is 50.6 Å². The van der Waals surface area contributed by atoms with Gasteiger partial charge in [-0.1, -0.05) is 30.3 Å². The molecule has 5 nitrogen and oxygen atoms in total. The van der Waals surface area contributed by atoms with Gasteiger partial charge >= 0.3 is 0 Å². The highest BCUT2D eigenvalue weighted by Gasteiger charge is 2.40. The normalized spacial score (nSPS) is 17.6. The molecule has 0 spiro atoms. The first-order chi connectivity index (χ1) is 15.1. The number of rotatable bonds is 6. The lowest BCUT2D eigenvalue weighted by Crippen LogP contribution is -2.29. The van der Waals surface area contributed by atoms with E-state index in [-0.39, 0.29) is 23.9 Å². The van der Waals surface area contributed by atoms with Gasteiger partial charge in [0, 0.05) is 23.5 Å². The summed E-state index contributed by atoms with van der Waals surface area (Å²) in [5.74, 6) is 0.804. The summed E-state index contributed by atoms with van der Waals surface area (Å²) in [6.45, 7) is 0. The number of carbonyl (C=O) groups is 2. The van der Waals surface area contributed by atoms with E-state index in [9.17, 15) is 9.59 Å². The van der Waals surface area contributed by atoms with Crippen LogP contribution in [0.15, 0.2) is 66.7 Å². The van der Waals surface area contributed by atoms with Crippen molar-refractivity contribution in [3.8, 4) is 17.2 Å². The fourth-order valence-electron chi connectivity index (χ4n) is 4.31. The first kappa shape index (κ1) is 20.7. The number of fused-ring (bicyclic) bond motifs is 1. The van der Waals surface area contributed by atoms with Crippen molar-refractivity contribution in [2.24, 2.45) is 0 Å². The molecule has 0 heterocycles. The van der Waals surface area contributed by atoms with E-state index in [1.807, 2.05) is 30.3 Å². The molecule has 4 rings (SSSR count). The van der Waals surface area contributed by atoms with E-state index in [2.05, 4.69) is 0 Å². The quantitative estimate of drug-likeness (QED) is 0.526. The van der Waals surface area contributed by atoms with Crippen LogP contribution >= 0.6 is 0 Å². The molecular formula is C26H24O5. The van der Waals surface area contributed by atoms with Crippen LogP contribution in [0.1, 0.15) is 50.1 Å². The lowest BCUT2D eigenvalue weighted by atomic mass is 9.68. The van der Waals surface area contributed by atoms with Crippen LogP contribution in [0, 0.1) is 0 Å². The van der Waals surface area contributed by atoms with Gasteiger partial charge in [0.1, 0.15) is 5.75 Å². The first-order valence-corrected chi connectivity index (χ1v) is 10.1. The second-order valence-electron chi connectivity index (χ2n) is 7.51. The molecule has 158 valence electrons. The molecule has 0 aliphatic heterocycles. The third kappa shape index (κ3) is 3.79. The van der Waals surface area contributed by atoms with Crippen LogP contribution in [0.3, 0.4) is 0 Å². The number of ketones is 2. The molecule has 0 fully saturated rings. The summed E-state index contributed by atoms with van der Waals surface area (Å²) in [4.78, 5) is 26.9. The van der Waals surface area contributed by atoms with Gasteiger partial charge in [-0.05, 0) is 47.5 Å². The molecule has 0 amide bonds. The van der Waals surface area contributed by atoms with Crippen LogP contribution in [0.4, 0.5) is 0 Å². The topological polar surface area (TPSA) is 61.8 Å². The Morgan fingerprint density at radius 1 is 0.839 bits per heavy atom. The Kier molecular flexibility index (Phi) is 5.76. The molecule has 1 aliphatic rings. The monoisotopic (exact) mass is 416 g/mol. The number of ether oxygens (including phenoxy) is 3. The highest BCUT2D eigenvalue weighted by Crippen LogP contribution is 2.47. The van der Waals surface area contributed by atoms with E-state index in [1.165, 1.54) is 7.11 Å². The van der Waals surface area contributed by atoms with E-state index >= 15 is 0 Å². The van der Waals surface area contributed by atoms with Gasteiger partial charge in [0.15, 0.2) is 23.1 Å². The van der Waals surface area contributed by atoms with Gasteiger partial charge in [0.25, 0.3) is 0 Å². The Balaban J connectivity index is 1.89. The van der Waals surface area contributed by atoms with Gasteiger partial charge in [0.05, 0.1) is 27.2 Å². The van der Waals surface area contributed by atoms with Crippen molar-refractivity contribution in [3.63, 3.8) is 0 Å². The van der Waals surface area contributed by atoms with Crippen molar-refractivity contribution < 1.29 is 23.8 Å². The summed E-state index contributed by atoms with van der Waals surface area (Å²) < 4.78 is 16.1. The lowest BCUT2D eigenvalue weighted by molar-refractivity contribution is 0.0900. The molecule has 0 radical (unpaired) electrons. The summed E-state index contributed by atoms with van der Waals surface area (Å²) in [7, 11) is 4.67. The standard InChI is InChI=1S/C26H24O5/c1-29-18-11-9-17(10-12-18)26(28)25-19(16-7-5-4-6-8-16)13-22(27)20-14-23(30-2)24(31-3)15-21(20)25/h4-12,14-15,19,25H,13H2,1-3H3. The zero-order valence-electron chi connectivity index (χ0n) is 17.8. The molecule has 1 aliphatic carbocycles. The number of carbonyl (C=O) groups excluding carboxylic acids is 2. The number of hydrogen-bond donors (Lipinski definition) is 0. The van der Waals surface area contributed by atoms with Gasteiger partial charge < -0.3 is 14.2 Å². The zero-order valence-corrected chi connectivity index (χ0v) is 17.8. The molecule has 3 aromatic carbocycles. The van der Waals surface area contributed by atoms with Gasteiger partial charge in [-0.15, -0.1) is 0 Å². The molecule has 5 heteroatoms. The number of methoxy groups -OCH3 is 3. The molecule has 0 saturated heterocycles. The first-order valence-electron chi connectivity index (χ1n) is 10.1. The number of benzene rings is 3. The summed E-state index contributed by atoms with van der Waals surface area (Å²) >= 11 is 0. The van der Waals surface area contributed by atoms with Crippen LogP contribution in [0.5, 0.6) is 17.2 Å². The van der Waals surface area contributed by atoms with Gasteiger partial charge in [0.2, 0.25) is 0 Å². The minimum Gasteiger partial charge on any atom is -0.497 e. The minimum absolute atomic E-state index is 0.0106. The van der Waals surface area contributed by atoms with Gasteiger partial charge in [-0.25, -0.2) is 0 Å². The SMILES string of the molecule is COc1ccc(C(=O)C2c3cc(OC)c(OC)cc3C(=O)CC2c2ccccc2)cc1. The maximum absolute atomic E-state index is 13.8. The Morgan fingerprint density at radius 3 is 2.10 bits per heavy atom. The summed E-state index contributed by atoms with van der Waals surface area (Å²) in [5.41, 5.74) is 2.71. The molecule has 0 saturated carbocycles. The highest BCUT2D eigenvalue weighted by atomic mass is 16.5. The molecule has 0 N–H and O–H groups in total. The van der Waals surface area contributed by atoms with Crippen molar-refractivity contribution in [2.45, 2.75) is 18.3 Å². The third-order valence-corrected chi connectivity index (χ3v) is 5.88. The summed E-state index contributed by atoms with van der Waals surface area (Å²) in [6.07, 6.45) is 0.249. The molecule has 31 heavy (non-hydrogen) atoms. The largest absolute Gasteiger partial charge is 0.497 e. The third-order valence-electron chi connectivity index (χ3n) is 5.88. The number of Topliss-reactive ketones (excluding diaryl/α,β-unsaturated/α-hetero) is 2. The van der Waals surface area contributed by atoms with E-state index in [0.29, 0.717) is 33.9 Å². The average molecular weight is 416 g/mol. The second-order valence-corrected chi connectivity index (χ2v) is 7.51. The predicted octanol–water partition coefficient (Wildman–Crippen LogP) is 5.05. The summed E-state index contributed by atoms with van der Waals surface area (Å²) in [6, 6.07) is 20.3. The van der Waals surface area contributed by atoms with Crippen LogP contribution in [0.2, 0.25) is 0 Å². The van der Waals surface area contributed by atoms with E-state index in [4.69, 9.17) is 14.2 Å². The van der Waals surface area contributed by atoms with Crippen molar-refractivity contribution >= 4 is 11.6 Å². The fourth-order valence-corrected chi connectivity index (χ4v) is 4.31. The molecule has 0 aromatic heterocycles. The predicted molar refractivity (Wildman–Crippen MR) is 118 cm³/mol. The van der Waals surface area contributed by atoms with Crippen molar-refractivity contribution in [2.75, 3.05) is 21.3 Å². The molecule has 2 atom stereocenters. The maximum Gasteiger partial charge on any atom is 0.170 e. The van der Waals surface area contributed by atoms with E-state index < -0.39 is 5.92 Å². The number of hydrogen-bond acceptors (Lipinski definition) is 5. The Bertz CT molecular complexity index is 1100. The van der Waals surface area contributed by atoms with E-state index in [0.717, 1.165) is 5.56 Å². The van der Waals surface area contributed by atoms with Crippen molar-refractivity contribution in [1.82, 2.24) is 0 Å². The van der Waals surface area contributed by atoms with Crippen molar-refractivity contribution in [1.29, 1.82) is 0 Å². The molecular weight excluding hydrogens is 392 g/mol. The lowest BCUT2D eigenvalue weighted by Gasteiger charge is -2.33. The molecule has 2 unspecified atom stereocenters. The zero-order chi connectivity index (χ0) is 22.0. The molecule has 0 bridgehead atoms. The summed E-state index contributed by atoms with van der Waals surface area (Å²) in [5, 5.41) is 0. The Labute approximate surface area is 181 Å². The molecule has 3 aromatic rings. The van der Waals surface area contributed by atoms with Gasteiger partial charge in [-0.2, -0.15) is 0 Å². The van der Waals surface area contributed by atoms with Crippen LogP contribution < -0.4 is 14.2 Å². The van der Waals surface area contributed by atoms with Crippen LogP contribution in [-0.4, -0.2) is 32.9 Å². The van der Waals surface area contributed by atoms with Crippen LogP contribution in [-0.2, 0) is 0 Å². The van der Waals surface area contributed by atoms with Gasteiger partial charge in [-0.3, -0.25) is 9.59 Å².